The van der Waals surface area contributed by atoms with Gasteiger partial charge < -0.3 is 10.6 Å². The Morgan fingerprint density at radius 3 is 2.58 bits per heavy atom. The van der Waals surface area contributed by atoms with Gasteiger partial charge >= 0.3 is 0 Å². The molecule has 8 heteroatoms. The summed E-state index contributed by atoms with van der Waals surface area (Å²) in [5, 5.41) is 0. The molecule has 0 radical (unpaired) electrons. The Morgan fingerprint density at radius 2 is 2.00 bits per heavy atom. The predicted octanol–water partition coefficient (Wildman–Crippen LogP) is 0.494. The van der Waals surface area contributed by atoms with Crippen molar-refractivity contribution in [2.75, 3.05) is 32.4 Å². The van der Waals surface area contributed by atoms with Crippen molar-refractivity contribution in [3.8, 4) is 0 Å². The molecule has 1 amide bonds. The molecule has 0 aromatic heterocycles. The molecule has 2 rings (SSSR count). The molecule has 19 heavy (non-hydrogen) atoms. The SMILES string of the molecule is CN1CCN(S(=O)(=O)c2ccc(Br)c(N)c2)CC1=O. The molecule has 0 spiro atoms. The molecule has 6 nitrogen and oxygen atoms in total. The molecule has 1 heterocycles. The third kappa shape index (κ3) is 2.75. The van der Waals surface area contributed by atoms with Crippen molar-refractivity contribution in [1.29, 1.82) is 0 Å². The zero-order chi connectivity index (χ0) is 14.2. The lowest BCUT2D eigenvalue weighted by Gasteiger charge is -2.31. The molecule has 0 bridgehead atoms. The van der Waals surface area contributed by atoms with E-state index in [0.717, 1.165) is 0 Å². The highest BCUT2D eigenvalue weighted by molar-refractivity contribution is 9.10. The second-order valence-corrected chi connectivity index (χ2v) is 7.13. The Bertz CT molecular complexity index is 618. The van der Waals surface area contributed by atoms with Crippen LogP contribution >= 0.6 is 15.9 Å². The van der Waals surface area contributed by atoms with E-state index in [0.29, 0.717) is 23.2 Å². The first kappa shape index (κ1) is 14.3. The van der Waals surface area contributed by atoms with Gasteiger partial charge in [0.05, 0.1) is 11.4 Å². The fourth-order valence-corrected chi connectivity index (χ4v) is 3.44. The van der Waals surface area contributed by atoms with Crippen LogP contribution in [0.15, 0.2) is 27.6 Å². The van der Waals surface area contributed by atoms with E-state index < -0.39 is 10.0 Å². The van der Waals surface area contributed by atoms with Crippen LogP contribution in [0.25, 0.3) is 0 Å². The van der Waals surface area contributed by atoms with Crippen LogP contribution in [0.4, 0.5) is 5.69 Å². The van der Waals surface area contributed by atoms with E-state index in [9.17, 15) is 13.2 Å². The highest BCUT2D eigenvalue weighted by Gasteiger charge is 2.31. The number of rotatable bonds is 2. The number of nitrogens with two attached hydrogens (primary N) is 1. The number of anilines is 1. The summed E-state index contributed by atoms with van der Waals surface area (Å²) in [5.74, 6) is -0.208. The van der Waals surface area contributed by atoms with Crippen LogP contribution < -0.4 is 5.73 Å². The van der Waals surface area contributed by atoms with Gasteiger partial charge in [0.1, 0.15) is 0 Å². The van der Waals surface area contributed by atoms with E-state index >= 15 is 0 Å². The Kier molecular flexibility index (Phi) is 3.84. The van der Waals surface area contributed by atoms with Gasteiger partial charge in [-0.25, -0.2) is 8.42 Å². The zero-order valence-electron chi connectivity index (χ0n) is 10.3. The van der Waals surface area contributed by atoms with Crippen molar-refractivity contribution in [2.45, 2.75) is 4.90 Å². The largest absolute Gasteiger partial charge is 0.398 e. The molecular formula is C11H14BrN3O3S. The van der Waals surface area contributed by atoms with Crippen LogP contribution in [-0.2, 0) is 14.8 Å². The minimum absolute atomic E-state index is 0.102. The molecule has 2 N–H and O–H groups in total. The Labute approximate surface area is 120 Å². The van der Waals surface area contributed by atoms with Crippen molar-refractivity contribution >= 4 is 37.5 Å². The molecular weight excluding hydrogens is 334 g/mol. The first-order valence-corrected chi connectivity index (χ1v) is 7.85. The average Bonchev–Trinajstić information content (AvgIpc) is 2.35. The summed E-state index contributed by atoms with van der Waals surface area (Å²) in [5.41, 5.74) is 6.04. The van der Waals surface area contributed by atoms with Gasteiger partial charge in [0, 0.05) is 30.3 Å². The number of halogens is 1. The number of carbonyl (C=O) groups is 1. The molecule has 1 aliphatic rings. The second-order valence-electron chi connectivity index (χ2n) is 4.34. The number of sulfonamides is 1. The van der Waals surface area contributed by atoms with Gasteiger partial charge in [0.25, 0.3) is 0 Å². The smallest absolute Gasteiger partial charge is 0.243 e. The van der Waals surface area contributed by atoms with Crippen LogP contribution in [0.3, 0.4) is 0 Å². The Morgan fingerprint density at radius 1 is 1.32 bits per heavy atom. The molecule has 0 saturated carbocycles. The topological polar surface area (TPSA) is 83.7 Å². The van der Waals surface area contributed by atoms with Crippen molar-refractivity contribution in [2.24, 2.45) is 0 Å². The van der Waals surface area contributed by atoms with Gasteiger partial charge in [-0.15, -0.1) is 0 Å². The molecule has 1 aromatic rings. The summed E-state index contributed by atoms with van der Waals surface area (Å²) in [7, 11) is -2.02. The maximum atomic E-state index is 12.4. The van der Waals surface area contributed by atoms with Crippen molar-refractivity contribution in [3.05, 3.63) is 22.7 Å². The lowest BCUT2D eigenvalue weighted by molar-refractivity contribution is -0.132. The molecule has 0 unspecified atom stereocenters. The van der Waals surface area contributed by atoms with Crippen LogP contribution in [-0.4, -0.2) is 50.2 Å². The van der Waals surface area contributed by atoms with Crippen molar-refractivity contribution < 1.29 is 13.2 Å². The summed E-state index contributed by atoms with van der Waals surface area (Å²) in [4.78, 5) is 13.2. The maximum absolute atomic E-state index is 12.4. The first-order valence-electron chi connectivity index (χ1n) is 5.61. The second kappa shape index (κ2) is 5.10. The number of hydrogen-bond acceptors (Lipinski definition) is 4. The highest BCUT2D eigenvalue weighted by atomic mass is 79.9. The Hall–Kier alpha value is -1.12. The lowest BCUT2D eigenvalue weighted by atomic mass is 10.3. The number of nitrogens with zero attached hydrogens (tertiary/aromatic N) is 2. The summed E-state index contributed by atoms with van der Waals surface area (Å²) < 4.78 is 26.6. The van der Waals surface area contributed by atoms with Crippen molar-refractivity contribution in [1.82, 2.24) is 9.21 Å². The van der Waals surface area contributed by atoms with E-state index in [4.69, 9.17) is 5.73 Å². The van der Waals surface area contributed by atoms with E-state index in [1.54, 1.807) is 13.1 Å². The van der Waals surface area contributed by atoms with Gasteiger partial charge in [-0.2, -0.15) is 4.31 Å². The number of nitrogen functional groups attached to an aromatic ring is 1. The number of hydrogen-bond donors (Lipinski definition) is 1. The molecule has 0 atom stereocenters. The minimum Gasteiger partial charge on any atom is -0.398 e. The molecule has 1 aliphatic heterocycles. The summed E-state index contributed by atoms with van der Waals surface area (Å²) in [6.07, 6.45) is 0. The fraction of sp³-hybridized carbons (Fsp3) is 0.364. The van der Waals surface area contributed by atoms with Gasteiger partial charge in [-0.1, -0.05) is 0 Å². The van der Waals surface area contributed by atoms with E-state index in [-0.39, 0.29) is 17.3 Å². The number of benzene rings is 1. The minimum atomic E-state index is -3.67. The standard InChI is InChI=1S/C11H14BrN3O3S/c1-14-4-5-15(7-11(14)16)19(17,18)8-2-3-9(12)10(13)6-8/h2-3,6H,4-5,7,13H2,1H3. The first-order chi connectivity index (χ1) is 8.82. The van der Waals surface area contributed by atoms with Crippen LogP contribution in [0, 0.1) is 0 Å². The van der Waals surface area contributed by atoms with Crippen LogP contribution in [0.5, 0.6) is 0 Å². The lowest BCUT2D eigenvalue weighted by Crippen LogP contribution is -2.50. The van der Waals surface area contributed by atoms with Gasteiger partial charge in [0.2, 0.25) is 15.9 Å². The maximum Gasteiger partial charge on any atom is 0.243 e. The molecule has 1 aromatic carbocycles. The highest BCUT2D eigenvalue weighted by Crippen LogP contribution is 2.25. The van der Waals surface area contributed by atoms with Gasteiger partial charge in [-0.3, -0.25) is 4.79 Å². The quantitative estimate of drug-likeness (QED) is 0.789. The Balaban J connectivity index is 2.32. The number of carbonyl (C=O) groups excluding carboxylic acids is 1. The monoisotopic (exact) mass is 347 g/mol. The predicted molar refractivity (Wildman–Crippen MR) is 75.0 cm³/mol. The van der Waals surface area contributed by atoms with Gasteiger partial charge in [0.15, 0.2) is 0 Å². The van der Waals surface area contributed by atoms with E-state index in [2.05, 4.69) is 15.9 Å². The summed E-state index contributed by atoms with van der Waals surface area (Å²) in [6, 6.07) is 4.45. The van der Waals surface area contributed by atoms with Crippen LogP contribution in [0.2, 0.25) is 0 Å². The number of likely N-dealkylation sites (N-methyl/N-ethyl adjacent to an activating group) is 1. The van der Waals surface area contributed by atoms with Crippen molar-refractivity contribution in [3.63, 3.8) is 0 Å². The molecule has 104 valence electrons. The summed E-state index contributed by atoms with van der Waals surface area (Å²) >= 11 is 3.22. The molecule has 0 aliphatic carbocycles. The van der Waals surface area contributed by atoms with E-state index in [1.807, 2.05) is 0 Å². The molecule has 1 fully saturated rings. The fourth-order valence-electron chi connectivity index (χ4n) is 1.77. The van der Waals surface area contributed by atoms with E-state index in [1.165, 1.54) is 21.3 Å². The van der Waals surface area contributed by atoms with Crippen LogP contribution in [0.1, 0.15) is 0 Å². The van der Waals surface area contributed by atoms with Gasteiger partial charge in [-0.05, 0) is 34.1 Å². The third-order valence-corrected chi connectivity index (χ3v) is 5.59. The molecule has 1 saturated heterocycles. The summed E-state index contributed by atoms with van der Waals surface area (Å²) in [6.45, 7) is 0.555. The average molecular weight is 348 g/mol. The number of amides is 1. The normalized spacial score (nSPS) is 17.8. The zero-order valence-corrected chi connectivity index (χ0v) is 12.7. The number of piperazine rings is 1. The third-order valence-electron chi connectivity index (χ3n) is 3.03.